The van der Waals surface area contributed by atoms with Gasteiger partial charge in [-0.3, -0.25) is 19.7 Å². The van der Waals surface area contributed by atoms with Gasteiger partial charge in [-0.15, -0.1) is 0 Å². The van der Waals surface area contributed by atoms with Gasteiger partial charge in [-0.05, 0) is 12.1 Å². The van der Waals surface area contributed by atoms with Crippen molar-refractivity contribution >= 4 is 17.6 Å². The lowest BCUT2D eigenvalue weighted by Crippen LogP contribution is -2.34. The van der Waals surface area contributed by atoms with Gasteiger partial charge in [0.2, 0.25) is 0 Å². The van der Waals surface area contributed by atoms with Crippen LogP contribution in [0.2, 0.25) is 0 Å². The normalized spacial score (nSPS) is 11.6. The van der Waals surface area contributed by atoms with E-state index >= 15 is 0 Å². The lowest BCUT2D eigenvalue weighted by atomic mass is 10.1. The molecule has 114 valence electrons. The monoisotopic (exact) mass is 298 g/mol. The summed E-state index contributed by atoms with van der Waals surface area (Å²) in [6.45, 7) is 1.55. The third kappa shape index (κ3) is 3.98. The molecule has 0 saturated heterocycles. The van der Waals surface area contributed by atoms with Crippen LogP contribution in [0, 0.1) is 21.8 Å². The summed E-state index contributed by atoms with van der Waals surface area (Å²) in [7, 11) is 2.59. The predicted octanol–water partition coefficient (Wildman–Crippen LogP) is 1.61. The molecule has 21 heavy (non-hydrogen) atoms. The Labute approximate surface area is 120 Å². The van der Waals surface area contributed by atoms with Crippen molar-refractivity contribution in [2.75, 3.05) is 20.7 Å². The maximum atomic E-state index is 13.2. The Morgan fingerprint density at radius 2 is 2.10 bits per heavy atom. The fourth-order valence-corrected chi connectivity index (χ4v) is 1.81. The molecule has 1 unspecified atom stereocenters. The number of carbonyl (C=O) groups excluding carboxylic acids is 2. The Kier molecular flexibility index (Phi) is 5.34. The van der Waals surface area contributed by atoms with Crippen LogP contribution in [0.1, 0.15) is 17.3 Å². The maximum Gasteiger partial charge on any atom is 0.310 e. The van der Waals surface area contributed by atoms with Crippen molar-refractivity contribution in [3.05, 3.63) is 39.7 Å². The van der Waals surface area contributed by atoms with Crippen LogP contribution >= 0.6 is 0 Å². The molecular formula is C13H15FN2O5. The van der Waals surface area contributed by atoms with Crippen molar-refractivity contribution in [3.8, 4) is 0 Å². The van der Waals surface area contributed by atoms with Gasteiger partial charge >= 0.3 is 5.97 Å². The Balaban J connectivity index is 3.00. The zero-order chi connectivity index (χ0) is 16.2. The lowest BCUT2D eigenvalue weighted by Gasteiger charge is -2.20. The van der Waals surface area contributed by atoms with Gasteiger partial charge in [0, 0.05) is 19.7 Å². The zero-order valence-corrected chi connectivity index (χ0v) is 11.8. The highest BCUT2D eigenvalue weighted by molar-refractivity contribution is 5.98. The van der Waals surface area contributed by atoms with Gasteiger partial charge in [-0.2, -0.15) is 0 Å². The number of hydrogen-bond donors (Lipinski definition) is 0. The highest BCUT2D eigenvalue weighted by atomic mass is 19.1. The summed E-state index contributed by atoms with van der Waals surface area (Å²) in [4.78, 5) is 34.7. The number of hydrogen-bond acceptors (Lipinski definition) is 5. The number of nitro groups is 1. The molecule has 1 amide bonds. The zero-order valence-electron chi connectivity index (χ0n) is 11.8. The van der Waals surface area contributed by atoms with Gasteiger partial charge in [0.1, 0.15) is 11.4 Å². The van der Waals surface area contributed by atoms with E-state index in [1.807, 2.05) is 0 Å². The summed E-state index contributed by atoms with van der Waals surface area (Å²) in [6.07, 6.45) is 0. The molecule has 0 aliphatic carbocycles. The number of rotatable bonds is 5. The standard InChI is InChI=1S/C13H15FN2O5/c1-8(13(18)21-3)7-15(2)12(17)10-6-9(14)4-5-11(10)16(19)20/h4-6,8H,7H2,1-3H3. The first kappa shape index (κ1) is 16.5. The lowest BCUT2D eigenvalue weighted by molar-refractivity contribution is -0.385. The van der Waals surface area contributed by atoms with Gasteiger partial charge < -0.3 is 9.64 Å². The van der Waals surface area contributed by atoms with Crippen LogP contribution in [0.5, 0.6) is 0 Å². The minimum Gasteiger partial charge on any atom is -0.469 e. The molecular weight excluding hydrogens is 283 g/mol. The quantitative estimate of drug-likeness (QED) is 0.468. The minimum atomic E-state index is -0.760. The molecule has 0 aliphatic rings. The largest absolute Gasteiger partial charge is 0.469 e. The van der Waals surface area contributed by atoms with Crippen LogP contribution in [-0.2, 0) is 9.53 Å². The van der Waals surface area contributed by atoms with Gasteiger partial charge in [-0.1, -0.05) is 6.92 Å². The number of amides is 1. The summed E-state index contributed by atoms with van der Waals surface area (Å²) in [5, 5.41) is 10.9. The first-order valence-corrected chi connectivity index (χ1v) is 6.05. The molecule has 0 N–H and O–H groups in total. The Morgan fingerprint density at radius 1 is 1.48 bits per heavy atom. The van der Waals surface area contributed by atoms with Gasteiger partial charge in [0.05, 0.1) is 18.0 Å². The van der Waals surface area contributed by atoms with E-state index in [9.17, 15) is 24.1 Å². The number of halogens is 1. The maximum absolute atomic E-state index is 13.2. The van der Waals surface area contributed by atoms with Crippen LogP contribution in [-0.4, -0.2) is 42.4 Å². The molecule has 7 nitrogen and oxygen atoms in total. The van der Waals surface area contributed by atoms with E-state index in [4.69, 9.17) is 0 Å². The third-order valence-electron chi connectivity index (χ3n) is 2.88. The van der Waals surface area contributed by atoms with Crippen molar-refractivity contribution in [1.82, 2.24) is 4.90 Å². The molecule has 0 aromatic heterocycles. The summed E-state index contributed by atoms with van der Waals surface area (Å²) in [6, 6.07) is 2.64. The molecule has 8 heteroatoms. The van der Waals surface area contributed by atoms with Gasteiger partial charge in [0.25, 0.3) is 11.6 Å². The molecule has 1 aromatic rings. The number of benzene rings is 1. The Hall–Kier alpha value is -2.51. The average molecular weight is 298 g/mol. The van der Waals surface area contributed by atoms with Crippen LogP contribution in [0.3, 0.4) is 0 Å². The van der Waals surface area contributed by atoms with E-state index in [1.165, 1.54) is 14.2 Å². The van der Waals surface area contributed by atoms with Crippen molar-refractivity contribution in [2.45, 2.75) is 6.92 Å². The summed E-state index contributed by atoms with van der Waals surface area (Å²) < 4.78 is 17.7. The van der Waals surface area contributed by atoms with E-state index in [1.54, 1.807) is 6.92 Å². The fourth-order valence-electron chi connectivity index (χ4n) is 1.81. The van der Waals surface area contributed by atoms with Gasteiger partial charge in [-0.25, -0.2) is 4.39 Å². The van der Waals surface area contributed by atoms with Crippen LogP contribution < -0.4 is 0 Å². The number of ether oxygens (including phenoxy) is 1. The van der Waals surface area contributed by atoms with Crippen LogP contribution in [0.25, 0.3) is 0 Å². The van der Waals surface area contributed by atoms with E-state index in [0.29, 0.717) is 0 Å². The Morgan fingerprint density at radius 3 is 2.62 bits per heavy atom. The van der Waals surface area contributed by atoms with E-state index in [0.717, 1.165) is 23.1 Å². The smallest absolute Gasteiger partial charge is 0.310 e. The first-order chi connectivity index (χ1) is 9.77. The number of nitrogens with zero attached hydrogens (tertiary/aromatic N) is 2. The third-order valence-corrected chi connectivity index (χ3v) is 2.88. The minimum absolute atomic E-state index is 0.000819. The van der Waals surface area contributed by atoms with Gasteiger partial charge in [0.15, 0.2) is 0 Å². The number of nitro benzene ring substituents is 1. The summed E-state index contributed by atoms with van der Waals surface area (Å²) in [5.74, 6) is -2.60. The van der Waals surface area contributed by atoms with Crippen molar-refractivity contribution in [2.24, 2.45) is 5.92 Å². The van der Waals surface area contributed by atoms with Crippen LogP contribution in [0.4, 0.5) is 10.1 Å². The van der Waals surface area contributed by atoms with E-state index in [-0.39, 0.29) is 12.1 Å². The molecule has 0 radical (unpaired) electrons. The second-order valence-corrected chi connectivity index (χ2v) is 4.53. The second kappa shape index (κ2) is 6.78. The van der Waals surface area contributed by atoms with E-state index in [2.05, 4.69) is 4.74 Å². The summed E-state index contributed by atoms with van der Waals surface area (Å²) >= 11 is 0. The molecule has 0 heterocycles. The highest BCUT2D eigenvalue weighted by Crippen LogP contribution is 2.21. The molecule has 1 aromatic carbocycles. The average Bonchev–Trinajstić information content (AvgIpc) is 2.44. The number of carbonyl (C=O) groups is 2. The molecule has 0 fully saturated rings. The molecule has 1 atom stereocenters. The number of esters is 1. The molecule has 0 saturated carbocycles. The Bertz CT molecular complexity index is 576. The summed E-state index contributed by atoms with van der Waals surface area (Å²) in [5.41, 5.74) is -0.849. The van der Waals surface area contributed by atoms with Crippen LogP contribution in [0.15, 0.2) is 18.2 Å². The molecule has 0 bridgehead atoms. The molecule has 0 aliphatic heterocycles. The SMILES string of the molecule is COC(=O)C(C)CN(C)C(=O)c1cc(F)ccc1[N+](=O)[O-]. The van der Waals surface area contributed by atoms with E-state index < -0.39 is 34.2 Å². The first-order valence-electron chi connectivity index (χ1n) is 6.05. The van der Waals surface area contributed by atoms with Crippen molar-refractivity contribution in [1.29, 1.82) is 0 Å². The highest BCUT2D eigenvalue weighted by Gasteiger charge is 2.26. The molecule has 0 spiro atoms. The van der Waals surface area contributed by atoms with Crippen molar-refractivity contribution in [3.63, 3.8) is 0 Å². The fraction of sp³-hybridized carbons (Fsp3) is 0.385. The number of methoxy groups -OCH3 is 1. The topological polar surface area (TPSA) is 89.8 Å². The molecule has 1 rings (SSSR count). The second-order valence-electron chi connectivity index (χ2n) is 4.53. The predicted molar refractivity (Wildman–Crippen MR) is 71.2 cm³/mol. The van der Waals surface area contributed by atoms with Crippen molar-refractivity contribution < 1.29 is 23.6 Å².